The quantitative estimate of drug-likeness (QED) is 0.259. The molecule has 0 aliphatic carbocycles. The van der Waals surface area contributed by atoms with Crippen molar-refractivity contribution >= 4 is 29.1 Å². The van der Waals surface area contributed by atoms with E-state index in [0.717, 1.165) is 11.1 Å². The number of aryl methyl sites for hydroxylation is 1. The lowest BCUT2D eigenvalue weighted by atomic mass is 9.95. The number of rotatable bonds is 8. The highest BCUT2D eigenvalue weighted by molar-refractivity contribution is 6.46. The van der Waals surface area contributed by atoms with Gasteiger partial charge < -0.3 is 19.6 Å². The minimum atomic E-state index is -0.735. The Bertz CT molecular complexity index is 1300. The summed E-state index contributed by atoms with van der Waals surface area (Å²) in [5, 5.41) is 11.7. The van der Waals surface area contributed by atoms with Crippen molar-refractivity contribution in [2.24, 2.45) is 0 Å². The van der Waals surface area contributed by atoms with E-state index in [1.165, 1.54) is 4.90 Å². The Labute approximate surface area is 216 Å². The summed E-state index contributed by atoms with van der Waals surface area (Å²) < 4.78 is 5.87. The zero-order valence-electron chi connectivity index (χ0n) is 20.6. The standard InChI is InChI=1S/C29H29ClN2O4/c1-19-6-4-7-20(16-19)18-36-24-12-10-21(11-13-24)27(33)25-26(22-8-5-9-23(30)17-22)32(15-14-31(2)3)29(35)28(25)34/h4-13,16-17,26,33H,14-15,18H2,1-3H3/t26-/m1/s1. The van der Waals surface area contributed by atoms with Gasteiger partial charge in [0.05, 0.1) is 11.6 Å². The van der Waals surface area contributed by atoms with Gasteiger partial charge >= 0.3 is 0 Å². The molecule has 0 radical (unpaired) electrons. The fourth-order valence-electron chi connectivity index (χ4n) is 4.27. The Morgan fingerprint density at radius 2 is 1.75 bits per heavy atom. The van der Waals surface area contributed by atoms with Crippen molar-refractivity contribution in [1.29, 1.82) is 0 Å². The van der Waals surface area contributed by atoms with Crippen LogP contribution in [-0.2, 0) is 16.2 Å². The van der Waals surface area contributed by atoms with Crippen LogP contribution in [0.4, 0.5) is 0 Å². The molecular formula is C29H29ClN2O4. The number of carbonyl (C=O) groups is 2. The number of carbonyl (C=O) groups excluding carboxylic acids is 2. The lowest BCUT2D eigenvalue weighted by molar-refractivity contribution is -0.140. The Balaban J connectivity index is 1.64. The Kier molecular flexibility index (Phi) is 7.77. The number of aliphatic hydroxyl groups is 1. The number of nitrogens with zero attached hydrogens (tertiary/aromatic N) is 2. The molecule has 1 saturated heterocycles. The van der Waals surface area contributed by atoms with Gasteiger partial charge in [-0.25, -0.2) is 0 Å². The Hall–Kier alpha value is -3.61. The van der Waals surface area contributed by atoms with Gasteiger partial charge in [0.25, 0.3) is 11.7 Å². The number of hydrogen-bond donors (Lipinski definition) is 1. The molecule has 0 unspecified atom stereocenters. The van der Waals surface area contributed by atoms with Crippen molar-refractivity contribution in [2.45, 2.75) is 19.6 Å². The van der Waals surface area contributed by atoms with Crippen molar-refractivity contribution in [3.63, 3.8) is 0 Å². The molecule has 36 heavy (non-hydrogen) atoms. The first-order valence-corrected chi connectivity index (χ1v) is 12.1. The number of likely N-dealkylation sites (N-methyl/N-ethyl adjacent to an activating group) is 1. The van der Waals surface area contributed by atoms with Crippen LogP contribution in [0, 0.1) is 6.92 Å². The fraction of sp³-hybridized carbons (Fsp3) is 0.241. The third-order valence-electron chi connectivity index (χ3n) is 6.11. The number of hydrogen-bond acceptors (Lipinski definition) is 5. The van der Waals surface area contributed by atoms with E-state index < -0.39 is 17.7 Å². The molecule has 1 aliphatic heterocycles. The molecule has 1 heterocycles. The molecule has 4 rings (SSSR count). The van der Waals surface area contributed by atoms with Gasteiger partial charge in [0.2, 0.25) is 0 Å². The van der Waals surface area contributed by atoms with Crippen LogP contribution in [0.15, 0.2) is 78.4 Å². The molecule has 1 atom stereocenters. The van der Waals surface area contributed by atoms with E-state index in [-0.39, 0.29) is 11.3 Å². The summed E-state index contributed by atoms with van der Waals surface area (Å²) in [6.07, 6.45) is 0. The first-order chi connectivity index (χ1) is 17.2. The molecule has 3 aromatic rings. The molecule has 3 aromatic carbocycles. The zero-order valence-corrected chi connectivity index (χ0v) is 21.3. The second kappa shape index (κ2) is 11.0. The maximum absolute atomic E-state index is 13.1. The lowest BCUT2D eigenvalue weighted by Gasteiger charge is -2.26. The second-order valence-electron chi connectivity index (χ2n) is 9.15. The summed E-state index contributed by atoms with van der Waals surface area (Å²) in [5.74, 6) is -0.945. The first kappa shape index (κ1) is 25.5. The topological polar surface area (TPSA) is 70.1 Å². The first-order valence-electron chi connectivity index (χ1n) is 11.7. The van der Waals surface area contributed by atoms with Crippen LogP contribution in [0.25, 0.3) is 5.76 Å². The molecule has 0 spiro atoms. The molecule has 1 amide bonds. The van der Waals surface area contributed by atoms with Gasteiger partial charge in [-0.1, -0.05) is 53.6 Å². The van der Waals surface area contributed by atoms with Gasteiger partial charge in [-0.2, -0.15) is 0 Å². The number of benzene rings is 3. The van der Waals surface area contributed by atoms with Gasteiger partial charge in [0.1, 0.15) is 18.1 Å². The summed E-state index contributed by atoms with van der Waals surface area (Å²) in [5.41, 5.74) is 3.36. The van der Waals surface area contributed by atoms with Crippen molar-refractivity contribution in [1.82, 2.24) is 9.80 Å². The smallest absolute Gasteiger partial charge is 0.295 e. The van der Waals surface area contributed by atoms with Gasteiger partial charge in [0.15, 0.2) is 0 Å². The van der Waals surface area contributed by atoms with Gasteiger partial charge in [-0.3, -0.25) is 9.59 Å². The monoisotopic (exact) mass is 504 g/mol. The van der Waals surface area contributed by atoms with Crippen molar-refractivity contribution in [3.8, 4) is 5.75 Å². The normalized spacial score (nSPS) is 17.1. The van der Waals surface area contributed by atoms with E-state index in [9.17, 15) is 14.7 Å². The SMILES string of the molecule is Cc1cccc(COc2ccc(C(O)=C3C(=O)C(=O)N(CCN(C)C)[C@@H]3c3cccc(Cl)c3)cc2)c1. The second-order valence-corrected chi connectivity index (χ2v) is 9.59. The largest absolute Gasteiger partial charge is 0.507 e. The molecule has 0 aromatic heterocycles. The van der Waals surface area contributed by atoms with E-state index in [1.54, 1.807) is 48.5 Å². The van der Waals surface area contributed by atoms with E-state index in [2.05, 4.69) is 6.07 Å². The predicted molar refractivity (Wildman–Crippen MR) is 141 cm³/mol. The van der Waals surface area contributed by atoms with Crippen molar-refractivity contribution in [2.75, 3.05) is 27.2 Å². The molecule has 1 N–H and O–H groups in total. The van der Waals surface area contributed by atoms with E-state index >= 15 is 0 Å². The number of amides is 1. The number of ketones is 1. The molecular weight excluding hydrogens is 476 g/mol. The zero-order chi connectivity index (χ0) is 25.8. The average molecular weight is 505 g/mol. The number of Topliss-reactive ketones (excluding diaryl/α,β-unsaturated/α-hetero) is 1. The van der Waals surface area contributed by atoms with Crippen molar-refractivity contribution in [3.05, 3.63) is 106 Å². The summed E-state index contributed by atoms with van der Waals surface area (Å²) in [6, 6.07) is 21.2. The fourth-order valence-corrected chi connectivity index (χ4v) is 4.47. The molecule has 186 valence electrons. The number of aliphatic hydroxyl groups excluding tert-OH is 1. The average Bonchev–Trinajstić information content (AvgIpc) is 3.11. The highest BCUT2D eigenvalue weighted by atomic mass is 35.5. The van der Waals surface area contributed by atoms with Crippen LogP contribution in [-0.4, -0.2) is 53.8 Å². The highest BCUT2D eigenvalue weighted by Crippen LogP contribution is 2.40. The number of halogens is 1. The van der Waals surface area contributed by atoms with Crippen molar-refractivity contribution < 1.29 is 19.4 Å². The molecule has 0 saturated carbocycles. The Morgan fingerprint density at radius 1 is 1.03 bits per heavy atom. The summed E-state index contributed by atoms with van der Waals surface area (Å²) in [4.78, 5) is 29.5. The third kappa shape index (κ3) is 5.61. The number of ether oxygens (including phenoxy) is 1. The van der Waals surface area contributed by atoms with Gasteiger partial charge in [-0.05, 0) is 68.5 Å². The molecule has 6 nitrogen and oxygen atoms in total. The summed E-state index contributed by atoms with van der Waals surface area (Å²) in [6.45, 7) is 3.34. The molecule has 7 heteroatoms. The van der Waals surface area contributed by atoms with Gasteiger partial charge in [0, 0.05) is 23.7 Å². The van der Waals surface area contributed by atoms with E-state index in [0.29, 0.717) is 41.6 Å². The van der Waals surface area contributed by atoms with Crippen LogP contribution in [0.1, 0.15) is 28.3 Å². The third-order valence-corrected chi connectivity index (χ3v) is 6.34. The van der Waals surface area contributed by atoms with Crippen LogP contribution >= 0.6 is 11.6 Å². The van der Waals surface area contributed by atoms with E-state index in [1.807, 2.05) is 44.1 Å². The van der Waals surface area contributed by atoms with Crippen LogP contribution in [0.3, 0.4) is 0 Å². The minimum Gasteiger partial charge on any atom is -0.507 e. The van der Waals surface area contributed by atoms with Gasteiger partial charge in [-0.15, -0.1) is 0 Å². The highest BCUT2D eigenvalue weighted by Gasteiger charge is 2.45. The molecule has 1 aliphatic rings. The predicted octanol–water partition coefficient (Wildman–Crippen LogP) is 5.21. The maximum Gasteiger partial charge on any atom is 0.295 e. The van der Waals surface area contributed by atoms with Crippen LogP contribution in [0.5, 0.6) is 5.75 Å². The summed E-state index contributed by atoms with van der Waals surface area (Å²) >= 11 is 6.23. The molecule has 1 fully saturated rings. The van der Waals surface area contributed by atoms with E-state index in [4.69, 9.17) is 16.3 Å². The minimum absolute atomic E-state index is 0.0504. The summed E-state index contributed by atoms with van der Waals surface area (Å²) in [7, 11) is 3.79. The lowest BCUT2D eigenvalue weighted by Crippen LogP contribution is -2.35. The van der Waals surface area contributed by atoms with Crippen LogP contribution < -0.4 is 4.74 Å². The maximum atomic E-state index is 13.1. The van der Waals surface area contributed by atoms with Crippen LogP contribution in [0.2, 0.25) is 5.02 Å². The Morgan fingerprint density at radius 3 is 2.42 bits per heavy atom. The number of likely N-dealkylation sites (tertiary alicyclic amines) is 1. The molecule has 0 bridgehead atoms.